The Labute approximate surface area is 75.9 Å². The van der Waals surface area contributed by atoms with Crippen LogP contribution in [0.4, 0.5) is 4.79 Å². The van der Waals surface area contributed by atoms with Gasteiger partial charge in [0.15, 0.2) is 5.75 Å². The summed E-state index contributed by atoms with van der Waals surface area (Å²) in [6.45, 7) is 0.793. The van der Waals surface area contributed by atoms with E-state index in [1.165, 1.54) is 6.20 Å². The Hall–Kier alpha value is -1.62. The minimum absolute atomic E-state index is 0.391. The molecule has 3 N–H and O–H groups in total. The van der Waals surface area contributed by atoms with Crippen LogP contribution in [0.25, 0.3) is 0 Å². The molecule has 0 bridgehead atoms. The molecule has 1 aromatic heterocycles. The molecule has 0 fully saturated rings. The molecule has 13 heavy (non-hydrogen) atoms. The lowest BCUT2D eigenvalue weighted by atomic mass is 10.5. The van der Waals surface area contributed by atoms with Crippen LogP contribution in [-0.4, -0.2) is 24.2 Å². The fourth-order valence-corrected chi connectivity index (χ4v) is 0.725. The maximum Gasteiger partial charge on any atom is 0.412 e. The minimum Gasteiger partial charge on any atom is -0.409 e. The molecular formula is C8H11N3O2. The average molecular weight is 181 g/mol. The van der Waals surface area contributed by atoms with Crippen LogP contribution in [0.2, 0.25) is 0 Å². The number of rotatable bonds is 3. The highest BCUT2D eigenvalue weighted by Gasteiger charge is 2.01. The lowest BCUT2D eigenvalue weighted by molar-refractivity contribution is 0.200. The van der Waals surface area contributed by atoms with E-state index < -0.39 is 6.09 Å². The Morgan fingerprint density at radius 3 is 3.15 bits per heavy atom. The normalized spacial score (nSPS) is 9.31. The van der Waals surface area contributed by atoms with Gasteiger partial charge in [-0.05, 0) is 12.1 Å². The number of nitrogens with one attached hydrogen (secondary N) is 1. The number of ether oxygens (including phenoxy) is 1. The number of aromatic nitrogens is 1. The third kappa shape index (κ3) is 3.53. The molecule has 0 aliphatic heterocycles. The van der Waals surface area contributed by atoms with Crippen molar-refractivity contribution in [2.45, 2.75) is 0 Å². The zero-order chi connectivity index (χ0) is 9.52. The van der Waals surface area contributed by atoms with Gasteiger partial charge in [0.25, 0.3) is 0 Å². The Balaban J connectivity index is 2.37. The van der Waals surface area contributed by atoms with Crippen LogP contribution in [0, 0.1) is 0 Å². The van der Waals surface area contributed by atoms with Crippen molar-refractivity contribution >= 4 is 6.09 Å². The summed E-state index contributed by atoms with van der Waals surface area (Å²) in [4.78, 5) is 14.7. The van der Waals surface area contributed by atoms with E-state index in [0.29, 0.717) is 18.8 Å². The molecule has 70 valence electrons. The number of nitrogens with two attached hydrogens (primary N) is 1. The van der Waals surface area contributed by atoms with Crippen molar-refractivity contribution in [3.05, 3.63) is 24.5 Å². The first-order valence-electron chi connectivity index (χ1n) is 3.88. The van der Waals surface area contributed by atoms with E-state index in [4.69, 9.17) is 10.5 Å². The Morgan fingerprint density at radius 1 is 1.69 bits per heavy atom. The second-order valence-corrected chi connectivity index (χ2v) is 2.29. The summed E-state index contributed by atoms with van der Waals surface area (Å²) >= 11 is 0. The van der Waals surface area contributed by atoms with Crippen LogP contribution >= 0.6 is 0 Å². The van der Waals surface area contributed by atoms with Crippen LogP contribution in [-0.2, 0) is 0 Å². The number of hydrogen-bond donors (Lipinski definition) is 2. The maximum absolute atomic E-state index is 11.0. The predicted octanol–water partition coefficient (Wildman–Crippen LogP) is 0.129. The molecule has 0 radical (unpaired) electrons. The van der Waals surface area contributed by atoms with Crippen molar-refractivity contribution in [2.24, 2.45) is 5.73 Å². The zero-order valence-electron chi connectivity index (χ0n) is 7.06. The van der Waals surface area contributed by atoms with Crippen molar-refractivity contribution in [3.63, 3.8) is 0 Å². The van der Waals surface area contributed by atoms with E-state index in [-0.39, 0.29) is 0 Å². The van der Waals surface area contributed by atoms with Crippen molar-refractivity contribution in [2.75, 3.05) is 13.1 Å². The van der Waals surface area contributed by atoms with Gasteiger partial charge in [-0.1, -0.05) is 0 Å². The van der Waals surface area contributed by atoms with E-state index in [2.05, 4.69) is 10.3 Å². The van der Waals surface area contributed by atoms with Gasteiger partial charge in [-0.15, -0.1) is 0 Å². The quantitative estimate of drug-likeness (QED) is 0.694. The van der Waals surface area contributed by atoms with Gasteiger partial charge in [-0.25, -0.2) is 4.79 Å². The molecule has 1 amide bonds. The van der Waals surface area contributed by atoms with Crippen LogP contribution in [0.3, 0.4) is 0 Å². The van der Waals surface area contributed by atoms with Crippen LogP contribution < -0.4 is 15.8 Å². The zero-order valence-corrected chi connectivity index (χ0v) is 7.06. The second-order valence-electron chi connectivity index (χ2n) is 2.29. The van der Waals surface area contributed by atoms with Crippen molar-refractivity contribution in [1.82, 2.24) is 10.3 Å². The third-order valence-electron chi connectivity index (χ3n) is 1.26. The maximum atomic E-state index is 11.0. The second kappa shape index (κ2) is 5.10. The van der Waals surface area contributed by atoms with Crippen LogP contribution in [0.5, 0.6) is 5.75 Å². The van der Waals surface area contributed by atoms with Crippen molar-refractivity contribution < 1.29 is 9.53 Å². The molecule has 5 nitrogen and oxygen atoms in total. The summed E-state index contributed by atoms with van der Waals surface area (Å²) in [5.41, 5.74) is 5.19. The number of nitrogens with zero attached hydrogens (tertiary/aromatic N) is 1. The van der Waals surface area contributed by atoms with Gasteiger partial charge >= 0.3 is 6.09 Å². The fourth-order valence-electron chi connectivity index (χ4n) is 0.725. The lowest BCUT2D eigenvalue weighted by Crippen LogP contribution is -2.31. The molecule has 0 aromatic carbocycles. The molecule has 0 unspecified atom stereocenters. The minimum atomic E-state index is -0.515. The summed E-state index contributed by atoms with van der Waals surface area (Å²) in [5, 5.41) is 2.47. The summed E-state index contributed by atoms with van der Waals surface area (Å²) in [6, 6.07) is 3.33. The molecule has 1 rings (SSSR count). The molecule has 1 aromatic rings. The van der Waals surface area contributed by atoms with Crippen LogP contribution in [0.1, 0.15) is 0 Å². The van der Waals surface area contributed by atoms with Gasteiger partial charge in [-0.2, -0.15) is 0 Å². The number of carbonyl (C=O) groups is 1. The van der Waals surface area contributed by atoms with E-state index >= 15 is 0 Å². The predicted molar refractivity (Wildman–Crippen MR) is 47.3 cm³/mol. The highest BCUT2D eigenvalue weighted by molar-refractivity contribution is 5.70. The standard InChI is InChI=1S/C8H11N3O2/c9-3-5-11-8(12)13-7-2-1-4-10-6-7/h1-2,4,6H,3,5,9H2,(H,11,12). The molecule has 0 saturated carbocycles. The molecule has 0 atom stereocenters. The smallest absolute Gasteiger partial charge is 0.409 e. The summed E-state index contributed by atoms with van der Waals surface area (Å²) in [5.74, 6) is 0.414. The molecule has 0 aliphatic carbocycles. The number of amides is 1. The van der Waals surface area contributed by atoms with Gasteiger partial charge in [0.1, 0.15) is 0 Å². The molecule has 0 spiro atoms. The molecule has 5 heteroatoms. The lowest BCUT2D eigenvalue weighted by Gasteiger charge is -2.03. The van der Waals surface area contributed by atoms with Gasteiger partial charge < -0.3 is 15.8 Å². The van der Waals surface area contributed by atoms with E-state index in [1.54, 1.807) is 18.3 Å². The first-order valence-corrected chi connectivity index (χ1v) is 3.88. The van der Waals surface area contributed by atoms with Gasteiger partial charge in [0.2, 0.25) is 0 Å². The van der Waals surface area contributed by atoms with E-state index in [0.717, 1.165) is 0 Å². The molecule has 1 heterocycles. The SMILES string of the molecule is NCCNC(=O)Oc1cccnc1. The average Bonchev–Trinajstić information content (AvgIpc) is 2.16. The van der Waals surface area contributed by atoms with Crippen molar-refractivity contribution in [1.29, 1.82) is 0 Å². The Morgan fingerprint density at radius 2 is 2.54 bits per heavy atom. The number of hydrogen-bond acceptors (Lipinski definition) is 4. The Bertz CT molecular complexity index is 263. The number of pyridine rings is 1. The summed E-state index contributed by atoms with van der Waals surface area (Å²) in [7, 11) is 0. The van der Waals surface area contributed by atoms with Crippen LogP contribution in [0.15, 0.2) is 24.5 Å². The van der Waals surface area contributed by atoms with Gasteiger partial charge in [0.05, 0.1) is 6.20 Å². The van der Waals surface area contributed by atoms with Gasteiger partial charge in [-0.3, -0.25) is 4.98 Å². The Kier molecular flexibility index (Phi) is 3.72. The first-order chi connectivity index (χ1) is 6.33. The van der Waals surface area contributed by atoms with E-state index in [9.17, 15) is 4.79 Å². The molecule has 0 aliphatic rings. The topological polar surface area (TPSA) is 77.2 Å². The van der Waals surface area contributed by atoms with E-state index in [1.807, 2.05) is 0 Å². The summed E-state index contributed by atoms with van der Waals surface area (Å²) < 4.78 is 4.85. The molecular weight excluding hydrogens is 170 g/mol. The largest absolute Gasteiger partial charge is 0.412 e. The molecule has 0 saturated heterocycles. The number of carbonyl (C=O) groups excluding carboxylic acids is 1. The van der Waals surface area contributed by atoms with Gasteiger partial charge in [0, 0.05) is 19.3 Å². The monoisotopic (exact) mass is 181 g/mol. The first kappa shape index (κ1) is 9.47. The van der Waals surface area contributed by atoms with Crippen molar-refractivity contribution in [3.8, 4) is 5.75 Å². The highest BCUT2D eigenvalue weighted by atomic mass is 16.6. The third-order valence-corrected chi connectivity index (χ3v) is 1.26. The summed E-state index contributed by atoms with van der Waals surface area (Å²) in [6.07, 6.45) is 2.55. The highest BCUT2D eigenvalue weighted by Crippen LogP contribution is 2.05. The fraction of sp³-hybridized carbons (Fsp3) is 0.250.